The second-order valence-electron chi connectivity index (χ2n) is 6.99. The lowest BCUT2D eigenvalue weighted by atomic mass is 10.1. The molecule has 1 aliphatic rings. The zero-order chi connectivity index (χ0) is 20.4. The van der Waals surface area contributed by atoms with Gasteiger partial charge in [-0.1, -0.05) is 24.6 Å². The van der Waals surface area contributed by atoms with Crippen molar-refractivity contribution in [1.82, 2.24) is 15.1 Å². The largest absolute Gasteiger partial charge is 0.336 e. The van der Waals surface area contributed by atoms with Crippen LogP contribution >= 0.6 is 0 Å². The van der Waals surface area contributed by atoms with Gasteiger partial charge in [0.15, 0.2) is 0 Å². The molecule has 2 aromatic carbocycles. The molecule has 0 unspecified atom stereocenters. The van der Waals surface area contributed by atoms with Crippen LogP contribution in [0.5, 0.6) is 0 Å². The predicted octanol–water partition coefficient (Wildman–Crippen LogP) is 3.53. The summed E-state index contributed by atoms with van der Waals surface area (Å²) in [6.45, 7) is 5.33. The maximum absolute atomic E-state index is 12.8. The minimum atomic E-state index is -0.202. The molecule has 1 aromatic heterocycles. The molecule has 2 heterocycles. The molecule has 0 saturated carbocycles. The van der Waals surface area contributed by atoms with E-state index in [1.807, 2.05) is 54.9 Å². The Bertz CT molecular complexity index is 1040. The third-order valence-electron chi connectivity index (χ3n) is 5.02. The zero-order valence-corrected chi connectivity index (χ0v) is 16.5. The van der Waals surface area contributed by atoms with Crippen molar-refractivity contribution in [2.45, 2.75) is 20.3 Å². The second-order valence-corrected chi connectivity index (χ2v) is 6.99. The van der Waals surface area contributed by atoms with Gasteiger partial charge in [0.1, 0.15) is 0 Å². The first kappa shape index (κ1) is 18.7. The minimum Gasteiger partial charge on any atom is -0.336 e. The summed E-state index contributed by atoms with van der Waals surface area (Å²) in [6.07, 6.45) is 2.29. The SMILES string of the molecule is CCc1c(C(=O)Nc2ccc(N3CCNC3=O)cc2)cnn1-c1ccc(C)cc1. The van der Waals surface area contributed by atoms with E-state index in [0.717, 1.165) is 17.1 Å². The highest BCUT2D eigenvalue weighted by Gasteiger charge is 2.21. The number of nitrogens with one attached hydrogen (secondary N) is 2. The van der Waals surface area contributed by atoms with Crippen molar-refractivity contribution in [3.05, 3.63) is 71.5 Å². The highest BCUT2D eigenvalue weighted by atomic mass is 16.2. The lowest BCUT2D eigenvalue weighted by molar-refractivity contribution is 0.102. The molecule has 3 aromatic rings. The fourth-order valence-corrected chi connectivity index (χ4v) is 3.45. The molecule has 0 bridgehead atoms. The number of urea groups is 1. The van der Waals surface area contributed by atoms with Crippen molar-refractivity contribution in [3.8, 4) is 5.69 Å². The van der Waals surface area contributed by atoms with Gasteiger partial charge in [-0.2, -0.15) is 5.10 Å². The fourth-order valence-electron chi connectivity index (χ4n) is 3.45. The average molecular weight is 389 g/mol. The van der Waals surface area contributed by atoms with Crippen molar-refractivity contribution in [1.29, 1.82) is 0 Å². The molecule has 7 nitrogen and oxygen atoms in total. The zero-order valence-electron chi connectivity index (χ0n) is 16.5. The van der Waals surface area contributed by atoms with Crippen LogP contribution in [-0.2, 0) is 6.42 Å². The first-order valence-electron chi connectivity index (χ1n) is 9.67. The number of amides is 3. The number of carbonyl (C=O) groups is 2. The van der Waals surface area contributed by atoms with E-state index in [1.54, 1.807) is 23.2 Å². The molecule has 7 heteroatoms. The molecule has 1 saturated heterocycles. The summed E-state index contributed by atoms with van der Waals surface area (Å²) < 4.78 is 1.81. The van der Waals surface area contributed by atoms with Gasteiger partial charge in [0, 0.05) is 24.5 Å². The summed E-state index contributed by atoms with van der Waals surface area (Å²) in [5.74, 6) is -0.202. The Morgan fingerprint density at radius 2 is 1.79 bits per heavy atom. The van der Waals surface area contributed by atoms with Crippen molar-refractivity contribution in [2.24, 2.45) is 0 Å². The van der Waals surface area contributed by atoms with E-state index in [-0.39, 0.29) is 11.9 Å². The summed E-state index contributed by atoms with van der Waals surface area (Å²) in [5.41, 5.74) is 4.99. The van der Waals surface area contributed by atoms with Gasteiger partial charge < -0.3 is 10.6 Å². The Morgan fingerprint density at radius 3 is 2.41 bits per heavy atom. The Morgan fingerprint density at radius 1 is 1.10 bits per heavy atom. The maximum Gasteiger partial charge on any atom is 0.321 e. The topological polar surface area (TPSA) is 79.3 Å². The molecule has 0 radical (unpaired) electrons. The number of anilines is 2. The molecule has 0 spiro atoms. The second kappa shape index (κ2) is 7.79. The van der Waals surface area contributed by atoms with Crippen LogP contribution in [0.4, 0.5) is 16.2 Å². The number of benzene rings is 2. The van der Waals surface area contributed by atoms with Crippen molar-refractivity contribution < 1.29 is 9.59 Å². The van der Waals surface area contributed by atoms with Crippen LogP contribution in [0.15, 0.2) is 54.7 Å². The summed E-state index contributed by atoms with van der Waals surface area (Å²) in [7, 11) is 0. The molecule has 3 amide bonds. The Hall–Kier alpha value is -3.61. The molecule has 0 aliphatic carbocycles. The van der Waals surface area contributed by atoms with E-state index >= 15 is 0 Å². The fraction of sp³-hybridized carbons (Fsp3) is 0.227. The van der Waals surface area contributed by atoms with Crippen LogP contribution in [-0.4, -0.2) is 34.8 Å². The van der Waals surface area contributed by atoms with Gasteiger partial charge in [-0.15, -0.1) is 0 Å². The monoisotopic (exact) mass is 389 g/mol. The summed E-state index contributed by atoms with van der Waals surface area (Å²) in [4.78, 5) is 26.3. The van der Waals surface area contributed by atoms with E-state index in [2.05, 4.69) is 15.7 Å². The van der Waals surface area contributed by atoms with Crippen LogP contribution in [0.3, 0.4) is 0 Å². The molecule has 0 atom stereocenters. The van der Waals surface area contributed by atoms with Crippen molar-refractivity contribution >= 4 is 23.3 Å². The smallest absolute Gasteiger partial charge is 0.321 e. The molecule has 29 heavy (non-hydrogen) atoms. The number of nitrogens with zero attached hydrogens (tertiary/aromatic N) is 3. The third kappa shape index (κ3) is 3.71. The normalized spacial score (nSPS) is 13.4. The highest BCUT2D eigenvalue weighted by molar-refractivity contribution is 6.05. The van der Waals surface area contributed by atoms with Gasteiger partial charge in [-0.05, 0) is 49.7 Å². The Balaban J connectivity index is 1.52. The van der Waals surface area contributed by atoms with Gasteiger partial charge in [0.2, 0.25) is 0 Å². The summed E-state index contributed by atoms with van der Waals surface area (Å²) in [6, 6.07) is 15.2. The minimum absolute atomic E-state index is 0.0992. The molecule has 2 N–H and O–H groups in total. The Kier molecular flexibility index (Phi) is 5.03. The molecule has 1 fully saturated rings. The molecule has 4 rings (SSSR count). The number of aryl methyl sites for hydroxylation is 1. The molecule has 1 aliphatic heterocycles. The van der Waals surface area contributed by atoms with Gasteiger partial charge in [-0.25, -0.2) is 9.48 Å². The number of rotatable bonds is 5. The van der Waals surface area contributed by atoms with E-state index in [4.69, 9.17) is 0 Å². The quantitative estimate of drug-likeness (QED) is 0.701. The lowest BCUT2D eigenvalue weighted by Crippen LogP contribution is -2.27. The van der Waals surface area contributed by atoms with Crippen LogP contribution < -0.4 is 15.5 Å². The lowest BCUT2D eigenvalue weighted by Gasteiger charge is -2.14. The van der Waals surface area contributed by atoms with Gasteiger partial charge in [0.05, 0.1) is 23.1 Å². The third-order valence-corrected chi connectivity index (χ3v) is 5.02. The molecular weight excluding hydrogens is 366 g/mol. The van der Waals surface area contributed by atoms with Crippen LogP contribution in [0.2, 0.25) is 0 Å². The Labute approximate surface area is 169 Å². The number of carbonyl (C=O) groups excluding carboxylic acids is 2. The van der Waals surface area contributed by atoms with Gasteiger partial charge >= 0.3 is 6.03 Å². The number of hydrogen-bond acceptors (Lipinski definition) is 3. The van der Waals surface area contributed by atoms with E-state index in [9.17, 15) is 9.59 Å². The average Bonchev–Trinajstić information content (AvgIpc) is 3.35. The standard InChI is InChI=1S/C22H23N5O2/c1-3-20-19(14-24-27(20)18-8-4-15(2)5-9-18)21(28)25-16-6-10-17(11-7-16)26-13-12-23-22(26)29/h4-11,14H,3,12-13H2,1-2H3,(H,23,29)(H,25,28). The van der Waals surface area contributed by atoms with E-state index in [1.165, 1.54) is 5.56 Å². The van der Waals surface area contributed by atoms with Crippen LogP contribution in [0.25, 0.3) is 5.69 Å². The first-order valence-corrected chi connectivity index (χ1v) is 9.67. The molecular formula is C22H23N5O2. The summed E-state index contributed by atoms with van der Waals surface area (Å²) >= 11 is 0. The summed E-state index contributed by atoms with van der Waals surface area (Å²) in [5, 5.41) is 10.1. The van der Waals surface area contributed by atoms with Gasteiger partial charge in [0.25, 0.3) is 5.91 Å². The highest BCUT2D eigenvalue weighted by Crippen LogP contribution is 2.21. The molecule has 148 valence electrons. The van der Waals surface area contributed by atoms with Crippen LogP contribution in [0, 0.1) is 6.92 Å². The first-order chi connectivity index (χ1) is 14.1. The maximum atomic E-state index is 12.8. The van der Waals surface area contributed by atoms with Gasteiger partial charge in [-0.3, -0.25) is 9.69 Å². The van der Waals surface area contributed by atoms with E-state index < -0.39 is 0 Å². The predicted molar refractivity (Wildman–Crippen MR) is 113 cm³/mol. The number of aromatic nitrogens is 2. The number of hydrogen-bond donors (Lipinski definition) is 2. The van der Waals surface area contributed by atoms with Crippen LogP contribution in [0.1, 0.15) is 28.5 Å². The van der Waals surface area contributed by atoms with Crippen molar-refractivity contribution in [3.63, 3.8) is 0 Å². The van der Waals surface area contributed by atoms with E-state index in [0.29, 0.717) is 30.8 Å². The van der Waals surface area contributed by atoms with Crippen molar-refractivity contribution in [2.75, 3.05) is 23.3 Å².